The molecule has 0 saturated heterocycles. The molecule has 1 aromatic rings. The largest absolute Gasteiger partial charge is 0.396 e. The number of aliphatic hydroxyl groups is 1. The summed E-state index contributed by atoms with van der Waals surface area (Å²) in [6.07, 6.45) is 2.23. The maximum Gasteiger partial charge on any atom is 0.240 e. The first kappa shape index (κ1) is 14.2. The van der Waals surface area contributed by atoms with Crippen LogP contribution in [0.3, 0.4) is 0 Å². The zero-order chi connectivity index (χ0) is 12.7. The maximum absolute atomic E-state index is 11.8. The Morgan fingerprint density at radius 2 is 1.88 bits per heavy atom. The fourth-order valence-corrected chi connectivity index (χ4v) is 2.57. The van der Waals surface area contributed by atoms with Gasteiger partial charge in [-0.05, 0) is 37.0 Å². The summed E-state index contributed by atoms with van der Waals surface area (Å²) in [5.74, 6) is 0. The SMILES string of the molecule is CCCNS(=O)(=O)c1ccc(CCCO)cc1. The normalized spacial score (nSPS) is 11.6. The van der Waals surface area contributed by atoms with Crippen LogP contribution in [0.5, 0.6) is 0 Å². The number of aliphatic hydroxyl groups excluding tert-OH is 1. The predicted molar refractivity (Wildman–Crippen MR) is 67.3 cm³/mol. The predicted octanol–water partition coefficient (Wildman–Crippen LogP) is 1.30. The number of aryl methyl sites for hydroxylation is 1. The third-order valence-electron chi connectivity index (χ3n) is 2.40. The van der Waals surface area contributed by atoms with Crippen molar-refractivity contribution < 1.29 is 13.5 Å². The molecule has 0 saturated carbocycles. The van der Waals surface area contributed by atoms with Crippen molar-refractivity contribution in [3.8, 4) is 0 Å². The van der Waals surface area contributed by atoms with E-state index < -0.39 is 10.0 Å². The van der Waals surface area contributed by atoms with Crippen LogP contribution < -0.4 is 4.72 Å². The molecule has 0 aliphatic rings. The third kappa shape index (κ3) is 4.46. The van der Waals surface area contributed by atoms with E-state index in [1.165, 1.54) is 0 Å². The highest BCUT2D eigenvalue weighted by Gasteiger charge is 2.12. The molecule has 2 N–H and O–H groups in total. The van der Waals surface area contributed by atoms with Crippen LogP contribution in [0.25, 0.3) is 0 Å². The lowest BCUT2D eigenvalue weighted by Crippen LogP contribution is -2.24. The maximum atomic E-state index is 11.8. The monoisotopic (exact) mass is 257 g/mol. The van der Waals surface area contributed by atoms with Crippen LogP contribution in [-0.2, 0) is 16.4 Å². The molecule has 0 amide bonds. The van der Waals surface area contributed by atoms with Crippen LogP contribution in [-0.4, -0.2) is 26.7 Å². The number of hydrogen-bond acceptors (Lipinski definition) is 3. The smallest absolute Gasteiger partial charge is 0.240 e. The zero-order valence-electron chi connectivity index (χ0n) is 10.0. The van der Waals surface area contributed by atoms with Gasteiger partial charge in [0.05, 0.1) is 4.90 Å². The second-order valence-corrected chi connectivity index (χ2v) is 5.64. The second kappa shape index (κ2) is 6.74. The summed E-state index contributed by atoms with van der Waals surface area (Å²) in [6, 6.07) is 6.78. The molecule has 17 heavy (non-hydrogen) atoms. The number of nitrogens with one attached hydrogen (secondary N) is 1. The zero-order valence-corrected chi connectivity index (χ0v) is 10.8. The van der Waals surface area contributed by atoms with Gasteiger partial charge in [-0.15, -0.1) is 0 Å². The number of benzene rings is 1. The molecule has 1 aromatic carbocycles. The molecule has 0 fully saturated rings. The standard InChI is InChI=1S/C12H19NO3S/c1-2-9-13-17(15,16)12-7-5-11(6-8-12)4-3-10-14/h5-8,13-14H,2-4,9-10H2,1H3. The van der Waals surface area contributed by atoms with Crippen LogP contribution in [0.15, 0.2) is 29.2 Å². The minimum absolute atomic E-state index is 0.151. The average molecular weight is 257 g/mol. The van der Waals surface area contributed by atoms with Crippen LogP contribution in [0.1, 0.15) is 25.3 Å². The van der Waals surface area contributed by atoms with Crippen molar-refractivity contribution in [1.82, 2.24) is 4.72 Å². The fourth-order valence-electron chi connectivity index (χ4n) is 1.44. The van der Waals surface area contributed by atoms with E-state index in [1.807, 2.05) is 6.92 Å². The van der Waals surface area contributed by atoms with Crippen molar-refractivity contribution >= 4 is 10.0 Å². The highest BCUT2D eigenvalue weighted by atomic mass is 32.2. The Kier molecular flexibility index (Phi) is 5.61. The van der Waals surface area contributed by atoms with Gasteiger partial charge in [-0.25, -0.2) is 13.1 Å². The van der Waals surface area contributed by atoms with Gasteiger partial charge in [0, 0.05) is 13.2 Å². The molecule has 0 unspecified atom stereocenters. The lowest BCUT2D eigenvalue weighted by atomic mass is 10.1. The first-order valence-corrected chi connectivity index (χ1v) is 7.28. The first-order chi connectivity index (χ1) is 8.10. The lowest BCUT2D eigenvalue weighted by molar-refractivity contribution is 0.288. The van der Waals surface area contributed by atoms with Crippen molar-refractivity contribution in [2.75, 3.05) is 13.2 Å². The lowest BCUT2D eigenvalue weighted by Gasteiger charge is -2.06. The Balaban J connectivity index is 2.73. The van der Waals surface area contributed by atoms with Gasteiger partial charge in [0.2, 0.25) is 10.0 Å². The topological polar surface area (TPSA) is 66.4 Å². The molecular formula is C12H19NO3S. The van der Waals surface area contributed by atoms with E-state index in [9.17, 15) is 8.42 Å². The Hall–Kier alpha value is -0.910. The molecule has 4 nitrogen and oxygen atoms in total. The molecule has 5 heteroatoms. The van der Waals surface area contributed by atoms with E-state index in [4.69, 9.17) is 5.11 Å². The summed E-state index contributed by atoms with van der Waals surface area (Å²) in [5, 5.41) is 8.70. The summed E-state index contributed by atoms with van der Waals surface area (Å²) >= 11 is 0. The molecule has 0 bridgehead atoms. The van der Waals surface area contributed by atoms with Crippen LogP contribution in [0.4, 0.5) is 0 Å². The fraction of sp³-hybridized carbons (Fsp3) is 0.500. The summed E-state index contributed by atoms with van der Waals surface area (Å²) in [5.41, 5.74) is 1.04. The first-order valence-electron chi connectivity index (χ1n) is 5.79. The molecule has 0 aliphatic heterocycles. The van der Waals surface area contributed by atoms with Crippen molar-refractivity contribution in [3.05, 3.63) is 29.8 Å². The van der Waals surface area contributed by atoms with E-state index in [0.29, 0.717) is 17.9 Å². The van der Waals surface area contributed by atoms with E-state index in [-0.39, 0.29) is 6.61 Å². The Labute approximate surface area is 103 Å². The van der Waals surface area contributed by atoms with Crippen molar-refractivity contribution in [1.29, 1.82) is 0 Å². The minimum Gasteiger partial charge on any atom is -0.396 e. The molecule has 96 valence electrons. The summed E-state index contributed by atoms with van der Waals surface area (Å²) in [6.45, 7) is 2.52. The van der Waals surface area contributed by atoms with Gasteiger partial charge in [0.15, 0.2) is 0 Å². The van der Waals surface area contributed by atoms with Crippen molar-refractivity contribution in [2.45, 2.75) is 31.1 Å². The van der Waals surface area contributed by atoms with Gasteiger partial charge in [-0.1, -0.05) is 19.1 Å². The van der Waals surface area contributed by atoms with Gasteiger partial charge in [0.25, 0.3) is 0 Å². The number of hydrogen-bond donors (Lipinski definition) is 2. The van der Waals surface area contributed by atoms with Gasteiger partial charge in [-0.2, -0.15) is 0 Å². The molecule has 0 heterocycles. The van der Waals surface area contributed by atoms with Crippen molar-refractivity contribution in [2.24, 2.45) is 0 Å². The summed E-state index contributed by atoms with van der Waals surface area (Å²) in [4.78, 5) is 0.290. The van der Waals surface area contributed by atoms with E-state index >= 15 is 0 Å². The average Bonchev–Trinajstić information content (AvgIpc) is 2.34. The Morgan fingerprint density at radius 3 is 2.41 bits per heavy atom. The molecular weight excluding hydrogens is 238 g/mol. The Morgan fingerprint density at radius 1 is 1.24 bits per heavy atom. The van der Waals surface area contributed by atoms with E-state index in [1.54, 1.807) is 24.3 Å². The van der Waals surface area contributed by atoms with Gasteiger partial charge >= 0.3 is 0 Å². The van der Waals surface area contributed by atoms with Gasteiger partial charge in [0.1, 0.15) is 0 Å². The summed E-state index contributed by atoms with van der Waals surface area (Å²) in [7, 11) is -3.36. The van der Waals surface area contributed by atoms with Crippen LogP contribution in [0, 0.1) is 0 Å². The molecule has 0 spiro atoms. The Bertz CT molecular complexity index is 426. The quantitative estimate of drug-likeness (QED) is 0.773. The van der Waals surface area contributed by atoms with Crippen molar-refractivity contribution in [3.63, 3.8) is 0 Å². The number of rotatable bonds is 7. The molecule has 0 atom stereocenters. The van der Waals surface area contributed by atoms with Gasteiger partial charge < -0.3 is 5.11 Å². The highest BCUT2D eigenvalue weighted by Crippen LogP contribution is 2.11. The molecule has 0 radical (unpaired) electrons. The van der Waals surface area contributed by atoms with E-state index in [0.717, 1.165) is 18.4 Å². The summed E-state index contributed by atoms with van der Waals surface area (Å²) < 4.78 is 26.1. The third-order valence-corrected chi connectivity index (χ3v) is 3.88. The van der Waals surface area contributed by atoms with Crippen LogP contribution in [0.2, 0.25) is 0 Å². The second-order valence-electron chi connectivity index (χ2n) is 3.87. The number of sulfonamides is 1. The molecule has 0 aliphatic carbocycles. The van der Waals surface area contributed by atoms with Gasteiger partial charge in [-0.3, -0.25) is 0 Å². The minimum atomic E-state index is -3.36. The molecule has 1 rings (SSSR count). The molecule has 0 aromatic heterocycles. The van der Waals surface area contributed by atoms with E-state index in [2.05, 4.69) is 4.72 Å². The van der Waals surface area contributed by atoms with Crippen LogP contribution >= 0.6 is 0 Å². The highest BCUT2D eigenvalue weighted by molar-refractivity contribution is 7.89.